The first kappa shape index (κ1) is 22.0. The Hall–Kier alpha value is -1.71. The SMILES string of the molecule is O=S(=O)(CC=Cc1cc(S(=O)(=O)c2ccccc2)ccc1Cl)NC1CCNCC1. The zero-order valence-electron chi connectivity index (χ0n) is 15.7. The Balaban J connectivity index is 1.75. The molecular formula is C20H23ClN2O4S2. The largest absolute Gasteiger partial charge is 0.317 e. The topological polar surface area (TPSA) is 92.3 Å². The summed E-state index contributed by atoms with van der Waals surface area (Å²) in [6.45, 7) is 1.59. The predicted octanol–water partition coefficient (Wildman–Crippen LogP) is 2.86. The maximum atomic E-state index is 12.8. The van der Waals surface area contributed by atoms with Gasteiger partial charge in [-0.2, -0.15) is 0 Å². The van der Waals surface area contributed by atoms with Gasteiger partial charge in [0.25, 0.3) is 0 Å². The predicted molar refractivity (Wildman–Crippen MR) is 115 cm³/mol. The average molecular weight is 455 g/mol. The maximum Gasteiger partial charge on any atom is 0.215 e. The van der Waals surface area contributed by atoms with Gasteiger partial charge in [0.15, 0.2) is 0 Å². The van der Waals surface area contributed by atoms with Crippen LogP contribution in [0.15, 0.2) is 64.4 Å². The molecule has 156 valence electrons. The number of nitrogens with one attached hydrogen (secondary N) is 2. The van der Waals surface area contributed by atoms with Crippen LogP contribution in [0.2, 0.25) is 5.02 Å². The summed E-state index contributed by atoms with van der Waals surface area (Å²) in [5, 5.41) is 3.53. The molecule has 1 aliphatic rings. The first-order valence-corrected chi connectivity index (χ1v) is 12.8. The van der Waals surface area contributed by atoms with Gasteiger partial charge < -0.3 is 5.32 Å². The van der Waals surface area contributed by atoms with Crippen molar-refractivity contribution in [1.82, 2.24) is 10.0 Å². The van der Waals surface area contributed by atoms with E-state index in [-0.39, 0.29) is 21.6 Å². The zero-order valence-corrected chi connectivity index (χ0v) is 18.1. The Morgan fingerprint density at radius 1 is 1.00 bits per heavy atom. The average Bonchev–Trinajstić information content (AvgIpc) is 2.70. The van der Waals surface area contributed by atoms with Crippen LogP contribution in [0, 0.1) is 0 Å². The second-order valence-electron chi connectivity index (χ2n) is 6.83. The molecule has 3 rings (SSSR count). The van der Waals surface area contributed by atoms with Crippen molar-refractivity contribution >= 4 is 37.5 Å². The molecule has 0 amide bonds. The zero-order chi connectivity index (χ0) is 20.9. The van der Waals surface area contributed by atoms with Gasteiger partial charge >= 0.3 is 0 Å². The molecule has 1 saturated heterocycles. The van der Waals surface area contributed by atoms with E-state index in [1.807, 2.05) is 0 Å². The Kier molecular flexibility index (Phi) is 7.13. The van der Waals surface area contributed by atoms with Crippen molar-refractivity contribution in [2.24, 2.45) is 0 Å². The Morgan fingerprint density at radius 3 is 2.38 bits per heavy atom. The van der Waals surface area contributed by atoms with E-state index in [2.05, 4.69) is 10.0 Å². The highest BCUT2D eigenvalue weighted by Crippen LogP contribution is 2.26. The third kappa shape index (κ3) is 5.90. The fourth-order valence-corrected chi connectivity index (χ4v) is 5.78. The van der Waals surface area contributed by atoms with E-state index < -0.39 is 19.9 Å². The lowest BCUT2D eigenvalue weighted by atomic mass is 10.1. The summed E-state index contributed by atoms with van der Waals surface area (Å²) in [6.07, 6.45) is 4.53. The molecule has 0 radical (unpaired) electrons. The molecule has 0 aromatic heterocycles. The Morgan fingerprint density at radius 2 is 1.69 bits per heavy atom. The summed E-state index contributed by atoms with van der Waals surface area (Å²) in [5.74, 6) is -0.205. The second-order valence-corrected chi connectivity index (χ2v) is 11.0. The third-order valence-corrected chi connectivity index (χ3v) is 8.06. The monoisotopic (exact) mass is 454 g/mol. The standard InChI is InChI=1S/C20H23ClN2O4S2/c21-20-9-8-19(29(26,27)18-6-2-1-3-7-18)15-16(20)5-4-14-28(24,25)23-17-10-12-22-13-11-17/h1-9,15,17,22-23H,10-14H2. The normalized spacial score (nSPS) is 16.3. The van der Waals surface area contributed by atoms with Crippen molar-refractivity contribution in [2.45, 2.75) is 28.7 Å². The summed E-state index contributed by atoms with van der Waals surface area (Å²) < 4.78 is 52.8. The fourth-order valence-electron chi connectivity index (χ4n) is 3.10. The molecule has 0 atom stereocenters. The fraction of sp³-hybridized carbons (Fsp3) is 0.300. The molecule has 1 aliphatic heterocycles. The van der Waals surface area contributed by atoms with E-state index in [1.165, 1.54) is 42.5 Å². The minimum absolute atomic E-state index is 0.0578. The summed E-state index contributed by atoms with van der Waals surface area (Å²) in [4.78, 5) is 0.287. The third-order valence-electron chi connectivity index (χ3n) is 4.63. The molecule has 0 aliphatic carbocycles. The molecule has 9 heteroatoms. The summed E-state index contributed by atoms with van der Waals surface area (Å²) in [7, 11) is -7.15. The second kappa shape index (κ2) is 9.40. The van der Waals surface area contributed by atoms with E-state index in [9.17, 15) is 16.8 Å². The molecule has 0 saturated carbocycles. The van der Waals surface area contributed by atoms with Crippen LogP contribution in [0.25, 0.3) is 6.08 Å². The van der Waals surface area contributed by atoms with E-state index in [0.29, 0.717) is 10.6 Å². The van der Waals surface area contributed by atoms with Gasteiger partial charge in [-0.1, -0.05) is 42.0 Å². The van der Waals surface area contributed by atoms with Gasteiger partial charge in [-0.05, 0) is 61.8 Å². The van der Waals surface area contributed by atoms with Gasteiger partial charge in [-0.25, -0.2) is 21.6 Å². The molecule has 29 heavy (non-hydrogen) atoms. The number of hydrogen-bond donors (Lipinski definition) is 2. The molecular weight excluding hydrogens is 432 g/mol. The molecule has 1 heterocycles. The molecule has 0 bridgehead atoms. The van der Waals surface area contributed by atoms with Crippen molar-refractivity contribution in [3.8, 4) is 0 Å². The molecule has 2 aromatic carbocycles. The molecule has 6 nitrogen and oxygen atoms in total. The molecule has 2 aromatic rings. The van der Waals surface area contributed by atoms with Gasteiger partial charge in [-0.15, -0.1) is 0 Å². The first-order valence-electron chi connectivity index (χ1n) is 9.25. The van der Waals surface area contributed by atoms with Gasteiger partial charge in [0.05, 0.1) is 15.5 Å². The van der Waals surface area contributed by atoms with Crippen LogP contribution >= 0.6 is 11.6 Å². The number of rotatable bonds is 7. The van der Waals surface area contributed by atoms with Crippen molar-refractivity contribution in [1.29, 1.82) is 0 Å². The van der Waals surface area contributed by atoms with E-state index in [1.54, 1.807) is 18.2 Å². The van der Waals surface area contributed by atoms with Crippen LogP contribution in [0.1, 0.15) is 18.4 Å². The van der Waals surface area contributed by atoms with E-state index >= 15 is 0 Å². The highest BCUT2D eigenvalue weighted by molar-refractivity contribution is 7.91. The van der Waals surface area contributed by atoms with Crippen LogP contribution in [0.3, 0.4) is 0 Å². The summed E-state index contributed by atoms with van der Waals surface area (Å²) in [6, 6.07) is 12.4. The van der Waals surface area contributed by atoms with Crippen molar-refractivity contribution in [3.05, 3.63) is 65.2 Å². The van der Waals surface area contributed by atoms with Crippen LogP contribution in [-0.4, -0.2) is 41.7 Å². The molecule has 0 unspecified atom stereocenters. The Bertz CT molecular complexity index is 1080. The quantitative estimate of drug-likeness (QED) is 0.671. The van der Waals surface area contributed by atoms with Crippen LogP contribution in [-0.2, 0) is 19.9 Å². The molecule has 0 spiro atoms. The smallest absolute Gasteiger partial charge is 0.215 e. The number of hydrogen-bond acceptors (Lipinski definition) is 5. The highest BCUT2D eigenvalue weighted by atomic mass is 35.5. The van der Waals surface area contributed by atoms with Crippen LogP contribution in [0.5, 0.6) is 0 Å². The lowest BCUT2D eigenvalue weighted by Crippen LogP contribution is -2.43. The van der Waals surface area contributed by atoms with E-state index in [0.717, 1.165) is 25.9 Å². The summed E-state index contributed by atoms with van der Waals surface area (Å²) >= 11 is 6.18. The number of sulfone groups is 1. The van der Waals surface area contributed by atoms with Crippen molar-refractivity contribution in [3.63, 3.8) is 0 Å². The number of piperidine rings is 1. The maximum absolute atomic E-state index is 12.8. The lowest BCUT2D eigenvalue weighted by Gasteiger charge is -2.23. The van der Waals surface area contributed by atoms with Gasteiger partial charge in [0.1, 0.15) is 0 Å². The van der Waals surface area contributed by atoms with Gasteiger partial charge in [0, 0.05) is 11.1 Å². The molecule has 1 fully saturated rings. The number of halogens is 1. The number of sulfonamides is 1. The van der Waals surface area contributed by atoms with Crippen LogP contribution in [0.4, 0.5) is 0 Å². The van der Waals surface area contributed by atoms with Gasteiger partial charge in [-0.3, -0.25) is 0 Å². The van der Waals surface area contributed by atoms with Crippen molar-refractivity contribution < 1.29 is 16.8 Å². The highest BCUT2D eigenvalue weighted by Gasteiger charge is 2.20. The first-order chi connectivity index (χ1) is 13.8. The minimum atomic E-state index is -3.68. The van der Waals surface area contributed by atoms with Gasteiger partial charge in [0.2, 0.25) is 19.9 Å². The Labute approximate surface area is 177 Å². The lowest BCUT2D eigenvalue weighted by molar-refractivity contribution is 0.427. The molecule has 2 N–H and O–H groups in total. The van der Waals surface area contributed by atoms with Crippen molar-refractivity contribution in [2.75, 3.05) is 18.8 Å². The number of benzene rings is 2. The summed E-state index contributed by atoms with van der Waals surface area (Å²) in [5.41, 5.74) is 0.445. The van der Waals surface area contributed by atoms with E-state index in [4.69, 9.17) is 11.6 Å². The minimum Gasteiger partial charge on any atom is -0.317 e. The van der Waals surface area contributed by atoms with Crippen LogP contribution < -0.4 is 10.0 Å².